The molecule has 0 N–H and O–H groups in total. The Hall–Kier alpha value is -3.07. The Labute approximate surface area is 230 Å². The van der Waals surface area contributed by atoms with Crippen molar-refractivity contribution in [3.05, 3.63) is 46.3 Å². The number of likely N-dealkylation sites (N-methyl/N-ethyl adjacent to an activating group) is 2. The van der Waals surface area contributed by atoms with Gasteiger partial charge in [-0.2, -0.15) is 0 Å². The summed E-state index contributed by atoms with van der Waals surface area (Å²) in [4.78, 5) is 45.1. The van der Waals surface area contributed by atoms with Crippen molar-refractivity contribution in [2.75, 3.05) is 40.3 Å². The Morgan fingerprint density at radius 2 is 1.76 bits per heavy atom. The van der Waals surface area contributed by atoms with E-state index >= 15 is 0 Å². The normalized spacial score (nSPS) is 18.8. The van der Waals surface area contributed by atoms with Gasteiger partial charge in [0.2, 0.25) is 11.7 Å². The summed E-state index contributed by atoms with van der Waals surface area (Å²) in [7, 11) is 3.40. The van der Waals surface area contributed by atoms with E-state index in [1.807, 2.05) is 20.8 Å². The van der Waals surface area contributed by atoms with Crippen LogP contribution >= 0.6 is 11.6 Å². The molecule has 10 heteroatoms. The van der Waals surface area contributed by atoms with Crippen molar-refractivity contribution in [1.82, 2.24) is 19.9 Å². The third-order valence-corrected chi connectivity index (χ3v) is 7.08. The second kappa shape index (κ2) is 13.6. The van der Waals surface area contributed by atoms with Crippen molar-refractivity contribution >= 4 is 29.3 Å². The Morgan fingerprint density at radius 1 is 1.08 bits per heavy atom. The second-order valence-corrected chi connectivity index (χ2v) is 10.5. The zero-order chi connectivity index (χ0) is 27.8. The van der Waals surface area contributed by atoms with Gasteiger partial charge in [-0.3, -0.25) is 14.4 Å². The summed E-state index contributed by atoms with van der Waals surface area (Å²) in [5.41, 5.74) is 1.06. The van der Waals surface area contributed by atoms with Gasteiger partial charge >= 0.3 is 0 Å². The Morgan fingerprint density at radius 3 is 2.42 bits per heavy atom. The first-order valence-electron chi connectivity index (χ1n) is 13.3. The molecule has 2 heterocycles. The number of amides is 3. The van der Waals surface area contributed by atoms with Gasteiger partial charge in [0.1, 0.15) is 11.8 Å². The second-order valence-electron chi connectivity index (χ2n) is 10.1. The van der Waals surface area contributed by atoms with E-state index in [1.54, 1.807) is 48.2 Å². The monoisotopic (exact) mass is 546 g/mol. The van der Waals surface area contributed by atoms with Crippen molar-refractivity contribution in [2.45, 2.75) is 58.9 Å². The zero-order valence-electron chi connectivity index (χ0n) is 23.0. The van der Waals surface area contributed by atoms with Gasteiger partial charge in [0.25, 0.3) is 11.8 Å². The minimum absolute atomic E-state index is 0.104. The van der Waals surface area contributed by atoms with Crippen LogP contribution in [0.5, 0.6) is 5.75 Å². The molecule has 1 aliphatic rings. The molecule has 0 saturated heterocycles. The molecule has 1 aromatic carbocycles. The summed E-state index contributed by atoms with van der Waals surface area (Å²) in [6.45, 7) is 7.76. The SMILES string of the molecule is CCc1cc(C(=O)N2CCCCOc3ccc(Cl)cc3C(=O)N(C)[C@@H](C(C)C)C(=O)N(C)CCCC2)on1. The lowest BCUT2D eigenvalue weighted by atomic mass is 10.00. The van der Waals surface area contributed by atoms with E-state index in [4.69, 9.17) is 20.9 Å². The number of hydrogen-bond acceptors (Lipinski definition) is 6. The zero-order valence-corrected chi connectivity index (χ0v) is 23.8. The molecule has 0 radical (unpaired) electrons. The van der Waals surface area contributed by atoms with E-state index < -0.39 is 6.04 Å². The summed E-state index contributed by atoms with van der Waals surface area (Å²) in [6.07, 6.45) is 3.52. The van der Waals surface area contributed by atoms with Gasteiger partial charge in [0.15, 0.2) is 0 Å². The molecule has 3 rings (SSSR count). The van der Waals surface area contributed by atoms with Gasteiger partial charge in [0, 0.05) is 44.8 Å². The summed E-state index contributed by atoms with van der Waals surface area (Å²) < 4.78 is 11.3. The Balaban J connectivity index is 1.85. The number of fused-ring (bicyclic) bond motifs is 1. The van der Waals surface area contributed by atoms with Crippen LogP contribution in [0.3, 0.4) is 0 Å². The molecule has 2 aromatic rings. The molecule has 0 aliphatic carbocycles. The van der Waals surface area contributed by atoms with Crippen molar-refractivity contribution in [3.8, 4) is 5.75 Å². The molecule has 0 bridgehead atoms. The average molecular weight is 547 g/mol. The summed E-state index contributed by atoms with van der Waals surface area (Å²) in [5, 5.41) is 4.37. The smallest absolute Gasteiger partial charge is 0.292 e. The maximum Gasteiger partial charge on any atom is 0.292 e. The highest BCUT2D eigenvalue weighted by atomic mass is 35.5. The molecule has 9 nitrogen and oxygen atoms in total. The van der Waals surface area contributed by atoms with Gasteiger partial charge in [-0.05, 0) is 56.2 Å². The van der Waals surface area contributed by atoms with E-state index in [9.17, 15) is 14.4 Å². The molecule has 3 amide bonds. The first-order chi connectivity index (χ1) is 18.1. The van der Waals surface area contributed by atoms with Gasteiger partial charge in [-0.25, -0.2) is 0 Å². The summed E-state index contributed by atoms with van der Waals surface area (Å²) in [6, 6.07) is 5.99. The standard InChI is InChI=1S/C28H39ClN4O5/c1-6-21-18-24(38-30-21)27(35)33-14-8-7-13-31(4)28(36)25(19(2)3)32(5)26(34)22-17-20(29)11-12-23(22)37-16-10-9-15-33/h11-12,17-19,25H,6-10,13-16H2,1-5H3/t25-/m0/s1. The molecule has 0 spiro atoms. The Kier molecular flexibility index (Phi) is 10.6. The molecular formula is C28H39ClN4O5. The van der Waals surface area contributed by atoms with Crippen LogP contribution in [0.4, 0.5) is 0 Å². The number of carbonyl (C=O) groups excluding carboxylic acids is 3. The van der Waals surface area contributed by atoms with Crippen LogP contribution in [0.2, 0.25) is 5.02 Å². The van der Waals surface area contributed by atoms with Crippen molar-refractivity contribution in [3.63, 3.8) is 0 Å². The molecule has 0 saturated carbocycles. The molecule has 1 aliphatic heterocycles. The fourth-order valence-corrected chi connectivity index (χ4v) is 4.81. The van der Waals surface area contributed by atoms with Crippen LogP contribution in [0.1, 0.15) is 73.1 Å². The highest BCUT2D eigenvalue weighted by molar-refractivity contribution is 6.31. The molecule has 208 valence electrons. The lowest BCUT2D eigenvalue weighted by Crippen LogP contribution is -2.51. The van der Waals surface area contributed by atoms with Gasteiger partial charge in [0.05, 0.1) is 17.9 Å². The summed E-state index contributed by atoms with van der Waals surface area (Å²) in [5.74, 6) is -0.0852. The third kappa shape index (κ3) is 7.28. The van der Waals surface area contributed by atoms with Crippen LogP contribution in [0.25, 0.3) is 0 Å². The summed E-state index contributed by atoms with van der Waals surface area (Å²) >= 11 is 6.23. The number of nitrogens with zero attached hydrogens (tertiary/aromatic N) is 4. The predicted molar refractivity (Wildman–Crippen MR) is 146 cm³/mol. The molecule has 38 heavy (non-hydrogen) atoms. The van der Waals surface area contributed by atoms with E-state index in [0.29, 0.717) is 68.3 Å². The van der Waals surface area contributed by atoms with Gasteiger partial charge in [-0.15, -0.1) is 0 Å². The number of aryl methyl sites for hydroxylation is 1. The highest BCUT2D eigenvalue weighted by Crippen LogP contribution is 2.26. The van der Waals surface area contributed by atoms with Crippen LogP contribution in [-0.2, 0) is 11.2 Å². The number of hydrogen-bond donors (Lipinski definition) is 0. The van der Waals surface area contributed by atoms with Gasteiger partial charge in [-0.1, -0.05) is 37.5 Å². The maximum atomic E-state index is 13.5. The first-order valence-corrected chi connectivity index (χ1v) is 13.7. The van der Waals surface area contributed by atoms with E-state index in [-0.39, 0.29) is 29.4 Å². The van der Waals surface area contributed by atoms with E-state index in [2.05, 4.69) is 5.16 Å². The fourth-order valence-electron chi connectivity index (χ4n) is 4.63. The maximum absolute atomic E-state index is 13.5. The highest BCUT2D eigenvalue weighted by Gasteiger charge is 2.33. The van der Waals surface area contributed by atoms with E-state index in [1.165, 1.54) is 4.90 Å². The fraction of sp³-hybridized carbons (Fsp3) is 0.571. The molecule has 1 aromatic heterocycles. The minimum Gasteiger partial charge on any atom is -0.493 e. The average Bonchev–Trinajstić information content (AvgIpc) is 3.38. The van der Waals surface area contributed by atoms with E-state index in [0.717, 1.165) is 12.1 Å². The third-order valence-electron chi connectivity index (χ3n) is 6.84. The quantitative estimate of drug-likeness (QED) is 0.561. The van der Waals surface area contributed by atoms with Crippen LogP contribution in [0.15, 0.2) is 28.8 Å². The number of carbonyl (C=O) groups is 3. The Bertz CT molecular complexity index is 1120. The number of ether oxygens (including phenoxy) is 1. The molecule has 0 fully saturated rings. The van der Waals surface area contributed by atoms with Crippen LogP contribution < -0.4 is 4.74 Å². The van der Waals surface area contributed by atoms with Crippen molar-refractivity contribution < 1.29 is 23.6 Å². The largest absolute Gasteiger partial charge is 0.493 e. The lowest BCUT2D eigenvalue weighted by Gasteiger charge is -2.33. The van der Waals surface area contributed by atoms with Crippen molar-refractivity contribution in [2.24, 2.45) is 5.92 Å². The first kappa shape index (κ1) is 29.5. The topological polar surface area (TPSA) is 96.2 Å². The number of benzene rings is 1. The molecule has 0 unspecified atom stereocenters. The lowest BCUT2D eigenvalue weighted by molar-refractivity contribution is -0.136. The minimum atomic E-state index is -0.646. The molecular weight excluding hydrogens is 508 g/mol. The van der Waals surface area contributed by atoms with Gasteiger partial charge < -0.3 is 24.0 Å². The number of rotatable bonds is 3. The predicted octanol–water partition coefficient (Wildman–Crippen LogP) is 4.54. The number of halogens is 1. The van der Waals surface area contributed by atoms with Crippen LogP contribution in [-0.4, -0.2) is 84.0 Å². The van der Waals surface area contributed by atoms with Crippen molar-refractivity contribution in [1.29, 1.82) is 0 Å². The number of aromatic nitrogens is 1. The van der Waals surface area contributed by atoms with Crippen LogP contribution in [0, 0.1) is 5.92 Å². The molecule has 1 atom stereocenters.